The van der Waals surface area contributed by atoms with Crippen molar-refractivity contribution in [1.82, 2.24) is 4.90 Å². The monoisotopic (exact) mass is 197 g/mol. The third-order valence-electron chi connectivity index (χ3n) is 2.69. The highest BCUT2D eigenvalue weighted by Crippen LogP contribution is 2.22. The Morgan fingerprint density at radius 1 is 1.64 bits per heavy atom. The van der Waals surface area contributed by atoms with E-state index in [1.165, 1.54) is 13.5 Å². The number of hydrogen-bond acceptors (Lipinski definition) is 3. The molecule has 1 aliphatic rings. The predicted molar refractivity (Wildman–Crippen MR) is 56.0 cm³/mol. The summed E-state index contributed by atoms with van der Waals surface area (Å²) in [5.74, 6) is 0.499. The van der Waals surface area contributed by atoms with E-state index in [0.717, 1.165) is 25.1 Å². The van der Waals surface area contributed by atoms with Gasteiger partial charge in [-0.2, -0.15) is 0 Å². The molecule has 3 heteroatoms. The van der Waals surface area contributed by atoms with Gasteiger partial charge in [-0.3, -0.25) is 4.79 Å². The quantitative estimate of drug-likeness (QED) is 0.504. The lowest BCUT2D eigenvalue weighted by Crippen LogP contribution is -2.14. The molecule has 80 valence electrons. The summed E-state index contributed by atoms with van der Waals surface area (Å²) in [5.41, 5.74) is 0.997. The molecule has 3 nitrogen and oxygen atoms in total. The number of nitrogens with zero attached hydrogens (tertiary/aromatic N) is 1. The van der Waals surface area contributed by atoms with E-state index in [9.17, 15) is 4.79 Å². The van der Waals surface area contributed by atoms with E-state index in [2.05, 4.69) is 23.3 Å². The van der Waals surface area contributed by atoms with E-state index < -0.39 is 0 Å². The van der Waals surface area contributed by atoms with Gasteiger partial charge >= 0.3 is 5.97 Å². The Morgan fingerprint density at radius 3 is 2.86 bits per heavy atom. The van der Waals surface area contributed by atoms with Crippen LogP contribution in [0.3, 0.4) is 0 Å². The maximum absolute atomic E-state index is 11.0. The second kappa shape index (κ2) is 5.15. The van der Waals surface area contributed by atoms with Crippen LogP contribution in [0, 0.1) is 5.92 Å². The molecule has 1 rings (SSSR count). The Balaban J connectivity index is 2.23. The van der Waals surface area contributed by atoms with Crippen LogP contribution in [0.25, 0.3) is 0 Å². The van der Waals surface area contributed by atoms with Crippen LogP contribution in [0.5, 0.6) is 0 Å². The minimum atomic E-state index is -0.179. The number of hydrogen-bond donors (Lipinski definition) is 0. The summed E-state index contributed by atoms with van der Waals surface area (Å²) in [5, 5.41) is 0. The SMILES string of the molecule is C=C(CC(=O)OC)CC1CCN(C)C1. The second-order valence-corrected chi connectivity index (χ2v) is 4.12. The minimum absolute atomic E-state index is 0.179. The molecule has 0 aromatic rings. The zero-order valence-corrected chi connectivity index (χ0v) is 9.08. The molecule has 1 heterocycles. The molecule has 0 radical (unpaired) electrons. The lowest BCUT2D eigenvalue weighted by atomic mass is 9.98. The van der Waals surface area contributed by atoms with Crippen LogP contribution >= 0.6 is 0 Å². The molecule has 1 unspecified atom stereocenters. The van der Waals surface area contributed by atoms with Crippen LogP contribution in [0.1, 0.15) is 19.3 Å². The van der Waals surface area contributed by atoms with Gasteiger partial charge in [-0.15, -0.1) is 0 Å². The second-order valence-electron chi connectivity index (χ2n) is 4.12. The standard InChI is InChI=1S/C11H19NO2/c1-9(7-11(13)14-3)6-10-4-5-12(2)8-10/h10H,1,4-8H2,2-3H3. The summed E-state index contributed by atoms with van der Waals surface area (Å²) in [6.45, 7) is 6.20. The van der Waals surface area contributed by atoms with Crippen LogP contribution in [0.15, 0.2) is 12.2 Å². The average Bonchev–Trinajstić information content (AvgIpc) is 2.50. The molecule has 0 amide bonds. The minimum Gasteiger partial charge on any atom is -0.469 e. The molecule has 14 heavy (non-hydrogen) atoms. The van der Waals surface area contributed by atoms with Gasteiger partial charge < -0.3 is 9.64 Å². The van der Waals surface area contributed by atoms with E-state index in [0.29, 0.717) is 12.3 Å². The smallest absolute Gasteiger partial charge is 0.309 e. The summed E-state index contributed by atoms with van der Waals surface area (Å²) in [7, 11) is 3.54. The molecule has 0 N–H and O–H groups in total. The van der Waals surface area contributed by atoms with E-state index in [4.69, 9.17) is 0 Å². The zero-order chi connectivity index (χ0) is 10.6. The van der Waals surface area contributed by atoms with Crippen molar-refractivity contribution in [3.8, 4) is 0 Å². The number of carbonyl (C=O) groups excluding carboxylic acids is 1. The average molecular weight is 197 g/mol. The number of rotatable bonds is 4. The number of ether oxygens (including phenoxy) is 1. The van der Waals surface area contributed by atoms with Crippen molar-refractivity contribution in [3.63, 3.8) is 0 Å². The molecular formula is C11H19NO2. The normalized spacial score (nSPS) is 22.3. The molecule has 1 fully saturated rings. The van der Waals surface area contributed by atoms with Crippen molar-refractivity contribution in [2.45, 2.75) is 19.3 Å². The molecule has 0 saturated carbocycles. The Labute approximate surface area is 85.7 Å². The lowest BCUT2D eigenvalue weighted by Gasteiger charge is -2.11. The fourth-order valence-electron chi connectivity index (χ4n) is 1.95. The Kier molecular flexibility index (Phi) is 4.14. The molecule has 0 spiro atoms. The highest BCUT2D eigenvalue weighted by Gasteiger charge is 2.20. The third-order valence-corrected chi connectivity index (χ3v) is 2.69. The Bertz CT molecular complexity index is 225. The largest absolute Gasteiger partial charge is 0.469 e. The Hall–Kier alpha value is -0.830. The van der Waals surface area contributed by atoms with E-state index in [1.807, 2.05) is 0 Å². The van der Waals surface area contributed by atoms with Gasteiger partial charge in [0, 0.05) is 6.54 Å². The summed E-state index contributed by atoms with van der Waals surface area (Å²) in [6, 6.07) is 0. The first kappa shape index (κ1) is 11.2. The summed E-state index contributed by atoms with van der Waals surface area (Å²) >= 11 is 0. The van der Waals surface area contributed by atoms with Gasteiger partial charge in [-0.1, -0.05) is 12.2 Å². The highest BCUT2D eigenvalue weighted by atomic mass is 16.5. The molecule has 0 aliphatic carbocycles. The number of methoxy groups -OCH3 is 1. The van der Waals surface area contributed by atoms with Crippen LogP contribution in [0.4, 0.5) is 0 Å². The fraction of sp³-hybridized carbons (Fsp3) is 0.727. The predicted octanol–water partition coefficient (Wildman–Crippen LogP) is 1.45. The molecule has 1 atom stereocenters. The first-order valence-corrected chi connectivity index (χ1v) is 5.04. The van der Waals surface area contributed by atoms with Gasteiger partial charge in [0.25, 0.3) is 0 Å². The van der Waals surface area contributed by atoms with Gasteiger partial charge in [0.05, 0.1) is 13.5 Å². The number of esters is 1. The molecule has 0 aromatic heterocycles. The third kappa shape index (κ3) is 3.50. The topological polar surface area (TPSA) is 29.5 Å². The van der Waals surface area contributed by atoms with Gasteiger partial charge in [0.15, 0.2) is 0 Å². The maximum Gasteiger partial charge on any atom is 0.309 e. The van der Waals surface area contributed by atoms with Crippen LogP contribution in [0.2, 0.25) is 0 Å². The van der Waals surface area contributed by atoms with E-state index >= 15 is 0 Å². The van der Waals surface area contributed by atoms with Crippen LogP contribution in [-0.2, 0) is 9.53 Å². The van der Waals surface area contributed by atoms with Crippen molar-refractivity contribution < 1.29 is 9.53 Å². The van der Waals surface area contributed by atoms with Gasteiger partial charge in [0.1, 0.15) is 0 Å². The van der Waals surface area contributed by atoms with Crippen molar-refractivity contribution in [2.75, 3.05) is 27.2 Å². The molecule has 0 aromatic carbocycles. The lowest BCUT2D eigenvalue weighted by molar-refractivity contribution is -0.139. The van der Waals surface area contributed by atoms with E-state index in [-0.39, 0.29) is 5.97 Å². The molecule has 0 bridgehead atoms. The van der Waals surface area contributed by atoms with Crippen LogP contribution < -0.4 is 0 Å². The van der Waals surface area contributed by atoms with Gasteiger partial charge in [0.2, 0.25) is 0 Å². The highest BCUT2D eigenvalue weighted by molar-refractivity contribution is 5.72. The maximum atomic E-state index is 11.0. The molecule has 1 saturated heterocycles. The first-order chi connectivity index (χ1) is 6.61. The molecule has 1 aliphatic heterocycles. The first-order valence-electron chi connectivity index (χ1n) is 5.04. The van der Waals surface area contributed by atoms with Crippen LogP contribution in [-0.4, -0.2) is 38.1 Å². The fourth-order valence-corrected chi connectivity index (χ4v) is 1.95. The molecular weight excluding hydrogens is 178 g/mol. The Morgan fingerprint density at radius 2 is 2.36 bits per heavy atom. The summed E-state index contributed by atoms with van der Waals surface area (Å²) in [6.07, 6.45) is 2.55. The van der Waals surface area contributed by atoms with Crippen molar-refractivity contribution in [3.05, 3.63) is 12.2 Å². The van der Waals surface area contributed by atoms with Crippen molar-refractivity contribution >= 4 is 5.97 Å². The van der Waals surface area contributed by atoms with E-state index in [1.54, 1.807) is 0 Å². The summed E-state index contributed by atoms with van der Waals surface area (Å²) < 4.78 is 4.60. The number of carbonyl (C=O) groups is 1. The zero-order valence-electron chi connectivity index (χ0n) is 9.08. The van der Waals surface area contributed by atoms with Gasteiger partial charge in [-0.05, 0) is 32.4 Å². The van der Waals surface area contributed by atoms with Crippen molar-refractivity contribution in [1.29, 1.82) is 0 Å². The van der Waals surface area contributed by atoms with Gasteiger partial charge in [-0.25, -0.2) is 0 Å². The van der Waals surface area contributed by atoms with Crippen molar-refractivity contribution in [2.24, 2.45) is 5.92 Å². The summed E-state index contributed by atoms with van der Waals surface area (Å²) in [4.78, 5) is 13.3. The number of likely N-dealkylation sites (tertiary alicyclic amines) is 1.